The van der Waals surface area contributed by atoms with E-state index in [4.69, 9.17) is 11.6 Å². The van der Waals surface area contributed by atoms with Crippen LogP contribution in [0, 0.1) is 0 Å². The van der Waals surface area contributed by atoms with Crippen LogP contribution < -0.4 is 5.32 Å². The van der Waals surface area contributed by atoms with Crippen LogP contribution in [0.5, 0.6) is 0 Å². The van der Waals surface area contributed by atoms with E-state index < -0.39 is 29.4 Å². The van der Waals surface area contributed by atoms with Gasteiger partial charge in [-0.15, -0.1) is 0 Å². The fraction of sp³-hybridized carbons (Fsp3) is 0.312. The number of rotatable bonds is 3. The number of hydrogen-bond acceptors (Lipinski definition) is 3. The van der Waals surface area contributed by atoms with Crippen LogP contribution in [0.3, 0.4) is 0 Å². The molecule has 1 aromatic carbocycles. The van der Waals surface area contributed by atoms with E-state index in [-0.39, 0.29) is 29.6 Å². The van der Waals surface area contributed by atoms with Gasteiger partial charge in [0.05, 0.1) is 23.5 Å². The topological polar surface area (TPSA) is 67.2 Å². The summed E-state index contributed by atoms with van der Waals surface area (Å²) in [7, 11) is 1.56. The Labute approximate surface area is 151 Å². The third kappa shape index (κ3) is 3.52. The summed E-state index contributed by atoms with van der Waals surface area (Å²) in [5, 5.41) is 6.42. The molecule has 1 N–H and O–H groups in total. The first-order valence-corrected chi connectivity index (χ1v) is 8.00. The Balaban J connectivity index is 1.95. The zero-order chi connectivity index (χ0) is 19.1. The van der Waals surface area contributed by atoms with Crippen molar-refractivity contribution in [3.05, 3.63) is 46.7 Å². The quantitative estimate of drug-likeness (QED) is 0.881. The third-order valence-electron chi connectivity index (χ3n) is 4.01. The molecular weight excluding hydrogens is 373 g/mol. The van der Waals surface area contributed by atoms with Crippen LogP contribution in [-0.4, -0.2) is 46.1 Å². The SMILES string of the molecule is CN1CC(NC(=O)c2cnn(-c3cccc(Cl)c3)c2C(F)(F)F)CC1=O. The molecule has 2 heterocycles. The van der Waals surface area contributed by atoms with Gasteiger partial charge >= 0.3 is 6.18 Å². The highest BCUT2D eigenvalue weighted by molar-refractivity contribution is 6.30. The molecule has 0 spiro atoms. The third-order valence-corrected chi connectivity index (χ3v) is 4.25. The Kier molecular flexibility index (Phi) is 4.66. The average molecular weight is 387 g/mol. The zero-order valence-corrected chi connectivity index (χ0v) is 14.3. The Bertz CT molecular complexity index is 865. The van der Waals surface area contributed by atoms with E-state index in [1.807, 2.05) is 0 Å². The number of benzene rings is 1. The average Bonchev–Trinajstić information content (AvgIpc) is 3.11. The summed E-state index contributed by atoms with van der Waals surface area (Å²) >= 11 is 5.83. The Hall–Kier alpha value is -2.55. The molecule has 1 aliphatic heterocycles. The molecule has 26 heavy (non-hydrogen) atoms. The molecule has 2 amide bonds. The van der Waals surface area contributed by atoms with E-state index in [0.29, 0.717) is 4.68 Å². The Morgan fingerprint density at radius 3 is 2.69 bits per heavy atom. The molecule has 1 saturated heterocycles. The first-order valence-electron chi connectivity index (χ1n) is 7.63. The molecule has 6 nitrogen and oxygen atoms in total. The summed E-state index contributed by atoms with van der Waals surface area (Å²) in [6.45, 7) is 0.244. The zero-order valence-electron chi connectivity index (χ0n) is 13.5. The fourth-order valence-electron chi connectivity index (χ4n) is 2.81. The van der Waals surface area contributed by atoms with Gasteiger partial charge in [0.15, 0.2) is 5.69 Å². The van der Waals surface area contributed by atoms with Gasteiger partial charge in [-0.2, -0.15) is 18.3 Å². The van der Waals surface area contributed by atoms with E-state index in [2.05, 4.69) is 10.4 Å². The maximum absolute atomic E-state index is 13.6. The number of carbonyl (C=O) groups excluding carboxylic acids is 2. The first kappa shape index (κ1) is 18.2. The number of amides is 2. The van der Waals surface area contributed by atoms with E-state index >= 15 is 0 Å². The highest BCUT2D eigenvalue weighted by Gasteiger charge is 2.41. The smallest absolute Gasteiger partial charge is 0.347 e. The summed E-state index contributed by atoms with van der Waals surface area (Å²) in [4.78, 5) is 25.3. The van der Waals surface area contributed by atoms with Gasteiger partial charge in [-0.3, -0.25) is 9.59 Å². The molecule has 138 valence electrons. The monoisotopic (exact) mass is 386 g/mol. The lowest BCUT2D eigenvalue weighted by Crippen LogP contribution is -2.37. The second-order valence-corrected chi connectivity index (χ2v) is 6.38. The molecule has 3 rings (SSSR count). The Morgan fingerprint density at radius 1 is 1.38 bits per heavy atom. The van der Waals surface area contributed by atoms with Gasteiger partial charge in [-0.25, -0.2) is 4.68 Å². The molecule has 0 bridgehead atoms. The molecule has 1 aliphatic rings. The number of likely N-dealkylation sites (tertiary alicyclic amines) is 1. The molecule has 0 saturated carbocycles. The van der Waals surface area contributed by atoms with Crippen LogP contribution in [-0.2, 0) is 11.0 Å². The normalized spacial score (nSPS) is 17.7. The number of likely N-dealkylation sites (N-methyl/N-ethyl adjacent to an activating group) is 1. The van der Waals surface area contributed by atoms with Crippen LogP contribution >= 0.6 is 11.6 Å². The van der Waals surface area contributed by atoms with Crippen molar-refractivity contribution in [2.75, 3.05) is 13.6 Å². The van der Waals surface area contributed by atoms with E-state index in [1.54, 1.807) is 7.05 Å². The standard InChI is InChI=1S/C16H14ClF3N4O2/c1-23-8-10(6-13(23)25)22-15(26)12-7-21-24(14(12)16(18,19)20)11-4-2-3-9(17)5-11/h2-5,7,10H,6,8H2,1H3,(H,22,26). The molecule has 2 aromatic rings. The van der Waals surface area contributed by atoms with Crippen molar-refractivity contribution in [1.82, 2.24) is 20.0 Å². The summed E-state index contributed by atoms with van der Waals surface area (Å²) in [5.74, 6) is -1.11. The van der Waals surface area contributed by atoms with Crippen molar-refractivity contribution < 1.29 is 22.8 Å². The predicted octanol–water partition coefficient (Wildman–Crippen LogP) is 2.51. The lowest BCUT2D eigenvalue weighted by Gasteiger charge is -2.15. The molecule has 10 heteroatoms. The summed E-state index contributed by atoms with van der Waals surface area (Å²) in [6.07, 6.45) is -3.90. The van der Waals surface area contributed by atoms with Gasteiger partial charge in [-0.05, 0) is 18.2 Å². The van der Waals surface area contributed by atoms with Gasteiger partial charge in [0.1, 0.15) is 0 Å². The number of hydrogen-bond donors (Lipinski definition) is 1. The van der Waals surface area contributed by atoms with Crippen LogP contribution in [0.1, 0.15) is 22.5 Å². The molecule has 0 radical (unpaired) electrons. The summed E-state index contributed by atoms with van der Waals surface area (Å²) in [5.41, 5.74) is -1.73. The fourth-order valence-corrected chi connectivity index (χ4v) is 3.00. The lowest BCUT2D eigenvalue weighted by molar-refractivity contribution is -0.143. The number of aromatic nitrogens is 2. The predicted molar refractivity (Wildman–Crippen MR) is 87.1 cm³/mol. The largest absolute Gasteiger partial charge is 0.434 e. The van der Waals surface area contributed by atoms with Crippen LogP contribution in [0.15, 0.2) is 30.5 Å². The highest BCUT2D eigenvalue weighted by Crippen LogP contribution is 2.34. The molecular formula is C16H14ClF3N4O2. The van der Waals surface area contributed by atoms with Crippen molar-refractivity contribution in [2.24, 2.45) is 0 Å². The highest BCUT2D eigenvalue weighted by atomic mass is 35.5. The van der Waals surface area contributed by atoms with Crippen LogP contribution in [0.2, 0.25) is 5.02 Å². The maximum Gasteiger partial charge on any atom is 0.434 e. The van der Waals surface area contributed by atoms with Gasteiger partial charge in [-0.1, -0.05) is 17.7 Å². The van der Waals surface area contributed by atoms with Crippen molar-refractivity contribution in [3.63, 3.8) is 0 Å². The number of alkyl halides is 3. The molecule has 1 aromatic heterocycles. The second kappa shape index (κ2) is 6.64. The summed E-state index contributed by atoms with van der Waals surface area (Å²) < 4.78 is 41.4. The van der Waals surface area contributed by atoms with Crippen molar-refractivity contribution in [2.45, 2.75) is 18.6 Å². The first-order chi connectivity index (χ1) is 12.2. The summed E-state index contributed by atoms with van der Waals surface area (Å²) in [6, 6.07) is 5.18. The molecule has 0 aliphatic carbocycles. The minimum absolute atomic E-state index is 0.0476. The molecule has 1 fully saturated rings. The minimum atomic E-state index is -4.81. The lowest BCUT2D eigenvalue weighted by atomic mass is 10.2. The number of halogens is 4. The van der Waals surface area contributed by atoms with E-state index in [9.17, 15) is 22.8 Å². The van der Waals surface area contributed by atoms with E-state index in [1.165, 1.54) is 29.2 Å². The van der Waals surface area contributed by atoms with Gasteiger partial charge in [0, 0.05) is 25.0 Å². The van der Waals surface area contributed by atoms with Crippen molar-refractivity contribution in [1.29, 1.82) is 0 Å². The molecule has 1 unspecified atom stereocenters. The van der Waals surface area contributed by atoms with Crippen LogP contribution in [0.4, 0.5) is 13.2 Å². The Morgan fingerprint density at radius 2 is 2.12 bits per heavy atom. The number of nitrogens with one attached hydrogen (secondary N) is 1. The number of carbonyl (C=O) groups is 2. The van der Waals surface area contributed by atoms with Gasteiger partial charge in [0.25, 0.3) is 5.91 Å². The minimum Gasteiger partial charge on any atom is -0.347 e. The van der Waals surface area contributed by atoms with Crippen LogP contribution in [0.25, 0.3) is 5.69 Å². The van der Waals surface area contributed by atoms with Gasteiger partial charge < -0.3 is 10.2 Å². The van der Waals surface area contributed by atoms with E-state index in [0.717, 1.165) is 6.20 Å². The maximum atomic E-state index is 13.6. The van der Waals surface area contributed by atoms with Crippen molar-refractivity contribution >= 4 is 23.4 Å². The van der Waals surface area contributed by atoms with Crippen molar-refractivity contribution in [3.8, 4) is 5.69 Å². The number of nitrogens with zero attached hydrogens (tertiary/aromatic N) is 3. The molecule has 1 atom stereocenters. The van der Waals surface area contributed by atoms with Gasteiger partial charge in [0.2, 0.25) is 5.91 Å². The second-order valence-electron chi connectivity index (χ2n) is 5.95.